The van der Waals surface area contributed by atoms with E-state index in [0.717, 1.165) is 27.2 Å². The summed E-state index contributed by atoms with van der Waals surface area (Å²) in [4.78, 5) is 30.4. The quantitative estimate of drug-likeness (QED) is 0.270. The third-order valence-electron chi connectivity index (χ3n) is 5.04. The molecule has 0 aliphatic rings. The van der Waals surface area contributed by atoms with Crippen molar-refractivity contribution in [1.29, 1.82) is 0 Å². The van der Waals surface area contributed by atoms with E-state index < -0.39 is 18.5 Å². The molecule has 2 aromatic carbocycles. The van der Waals surface area contributed by atoms with Crippen LogP contribution in [0.2, 0.25) is 5.02 Å². The lowest BCUT2D eigenvalue weighted by Crippen LogP contribution is -2.20. The predicted molar refractivity (Wildman–Crippen MR) is 135 cm³/mol. The first-order valence-corrected chi connectivity index (χ1v) is 12.4. The molecule has 0 aliphatic heterocycles. The molecule has 1 N–H and O–H groups in total. The SMILES string of the molecule is Cc1nn(-c2ccc(Cl)cc2)c2sc(C(=O)OCC(=O)Nc3nc(-c4ccc(F)cc4)cs3)cc12. The highest BCUT2D eigenvalue weighted by Gasteiger charge is 2.19. The van der Waals surface area contributed by atoms with Gasteiger partial charge in [0, 0.05) is 21.4 Å². The molecular weight excluding hydrogens is 511 g/mol. The summed E-state index contributed by atoms with van der Waals surface area (Å²) in [6.45, 7) is 1.40. The number of carbonyl (C=O) groups is 2. The molecule has 0 radical (unpaired) electrons. The highest BCUT2D eigenvalue weighted by Crippen LogP contribution is 2.31. The van der Waals surface area contributed by atoms with Crippen molar-refractivity contribution < 1.29 is 18.7 Å². The molecule has 5 aromatic rings. The molecule has 0 aliphatic carbocycles. The van der Waals surface area contributed by atoms with Crippen LogP contribution >= 0.6 is 34.3 Å². The van der Waals surface area contributed by atoms with E-state index >= 15 is 0 Å². The number of aromatic nitrogens is 3. The Kier molecular flexibility index (Phi) is 6.33. The van der Waals surface area contributed by atoms with Crippen LogP contribution in [-0.2, 0) is 9.53 Å². The van der Waals surface area contributed by atoms with E-state index in [1.54, 1.807) is 40.4 Å². The minimum atomic E-state index is -0.602. The third-order valence-corrected chi connectivity index (χ3v) is 7.14. The van der Waals surface area contributed by atoms with Gasteiger partial charge in [0.1, 0.15) is 15.5 Å². The van der Waals surface area contributed by atoms with E-state index in [0.29, 0.717) is 20.7 Å². The van der Waals surface area contributed by atoms with Crippen LogP contribution in [-0.4, -0.2) is 33.2 Å². The standard InChI is InChI=1S/C24H16ClFN4O3S2/c1-13-18-10-20(35-22(18)30(29-13)17-8-4-15(25)5-9-17)23(32)33-11-21(31)28-24-27-19(12-34-24)14-2-6-16(26)7-3-14/h2-10,12H,11H2,1H3,(H,27,28,31). The molecular formula is C24H16ClFN4O3S2. The van der Waals surface area contributed by atoms with E-state index in [4.69, 9.17) is 16.3 Å². The zero-order valence-corrected chi connectivity index (χ0v) is 20.5. The molecule has 0 atom stereocenters. The number of amides is 1. The number of halogens is 2. The van der Waals surface area contributed by atoms with Crippen LogP contribution in [0.4, 0.5) is 9.52 Å². The van der Waals surface area contributed by atoms with Crippen LogP contribution in [0, 0.1) is 12.7 Å². The number of nitrogens with one attached hydrogen (secondary N) is 1. The Labute approximate surface area is 211 Å². The van der Waals surface area contributed by atoms with Gasteiger partial charge in [0.15, 0.2) is 11.7 Å². The topological polar surface area (TPSA) is 86.1 Å². The largest absolute Gasteiger partial charge is 0.451 e. The average molecular weight is 527 g/mol. The van der Waals surface area contributed by atoms with E-state index in [1.165, 1.54) is 34.8 Å². The lowest BCUT2D eigenvalue weighted by atomic mass is 10.2. The van der Waals surface area contributed by atoms with Gasteiger partial charge in [-0.3, -0.25) is 10.1 Å². The molecule has 11 heteroatoms. The summed E-state index contributed by atoms with van der Waals surface area (Å²) in [6.07, 6.45) is 0. The van der Waals surface area contributed by atoms with Gasteiger partial charge in [-0.25, -0.2) is 18.9 Å². The van der Waals surface area contributed by atoms with E-state index in [9.17, 15) is 14.0 Å². The molecule has 0 spiro atoms. The van der Waals surface area contributed by atoms with Crippen molar-refractivity contribution in [2.45, 2.75) is 6.92 Å². The summed E-state index contributed by atoms with van der Waals surface area (Å²) in [5, 5.41) is 10.7. The summed E-state index contributed by atoms with van der Waals surface area (Å²) in [6, 6.07) is 14.8. The fraction of sp³-hybridized carbons (Fsp3) is 0.0833. The number of carbonyl (C=O) groups excluding carboxylic acids is 2. The van der Waals surface area contributed by atoms with Gasteiger partial charge in [-0.15, -0.1) is 22.7 Å². The molecule has 0 bridgehead atoms. The van der Waals surface area contributed by atoms with Crippen LogP contribution < -0.4 is 5.32 Å². The number of nitrogens with zero attached hydrogens (tertiary/aromatic N) is 3. The minimum Gasteiger partial charge on any atom is -0.451 e. The number of hydrogen-bond donors (Lipinski definition) is 1. The molecule has 0 saturated carbocycles. The lowest BCUT2D eigenvalue weighted by molar-refractivity contribution is -0.119. The molecule has 176 valence electrons. The normalized spacial score (nSPS) is 11.1. The summed E-state index contributed by atoms with van der Waals surface area (Å²) in [5.74, 6) is -1.45. The zero-order chi connectivity index (χ0) is 24.5. The number of thiophene rings is 1. The Morgan fingerprint density at radius 2 is 1.89 bits per heavy atom. The monoisotopic (exact) mass is 526 g/mol. The second-order valence-electron chi connectivity index (χ2n) is 7.47. The lowest BCUT2D eigenvalue weighted by Gasteiger charge is -2.04. The average Bonchev–Trinajstić information content (AvgIpc) is 3.56. The van der Waals surface area contributed by atoms with Crippen LogP contribution in [0.3, 0.4) is 0 Å². The number of ether oxygens (including phenoxy) is 1. The van der Waals surface area contributed by atoms with Crippen molar-refractivity contribution >= 4 is 61.5 Å². The number of fused-ring (bicyclic) bond motifs is 1. The van der Waals surface area contributed by atoms with Crippen molar-refractivity contribution in [3.05, 3.63) is 81.4 Å². The maximum absolute atomic E-state index is 13.1. The number of rotatable bonds is 6. The molecule has 5 rings (SSSR count). The molecule has 3 heterocycles. The first-order valence-electron chi connectivity index (χ1n) is 10.3. The first kappa shape index (κ1) is 23.2. The van der Waals surface area contributed by atoms with Gasteiger partial charge in [0.05, 0.1) is 17.1 Å². The number of benzene rings is 2. The van der Waals surface area contributed by atoms with Crippen LogP contribution in [0.25, 0.3) is 27.2 Å². The van der Waals surface area contributed by atoms with E-state index in [-0.39, 0.29) is 5.82 Å². The van der Waals surface area contributed by atoms with Gasteiger partial charge >= 0.3 is 5.97 Å². The number of aryl methyl sites for hydroxylation is 1. The molecule has 3 aromatic heterocycles. The number of esters is 1. The van der Waals surface area contributed by atoms with Crippen LogP contribution in [0.15, 0.2) is 60.0 Å². The Morgan fingerprint density at radius 3 is 2.63 bits per heavy atom. The van der Waals surface area contributed by atoms with Gasteiger partial charge in [-0.2, -0.15) is 5.10 Å². The third kappa shape index (κ3) is 4.95. The van der Waals surface area contributed by atoms with Gasteiger partial charge in [-0.05, 0) is 61.5 Å². The molecule has 1 amide bonds. The molecule has 35 heavy (non-hydrogen) atoms. The number of hydrogen-bond acceptors (Lipinski definition) is 7. The zero-order valence-electron chi connectivity index (χ0n) is 18.1. The van der Waals surface area contributed by atoms with Crippen molar-refractivity contribution in [1.82, 2.24) is 14.8 Å². The maximum Gasteiger partial charge on any atom is 0.348 e. The Bertz CT molecular complexity index is 1540. The maximum atomic E-state index is 13.1. The fourth-order valence-electron chi connectivity index (χ4n) is 3.35. The van der Waals surface area contributed by atoms with Crippen LogP contribution in [0.5, 0.6) is 0 Å². The summed E-state index contributed by atoms with van der Waals surface area (Å²) in [7, 11) is 0. The number of thiazole rings is 1. The van der Waals surface area contributed by atoms with Gasteiger partial charge < -0.3 is 4.74 Å². The second-order valence-corrected chi connectivity index (χ2v) is 9.80. The Balaban J connectivity index is 1.23. The predicted octanol–water partition coefficient (Wildman–Crippen LogP) is 6.11. The van der Waals surface area contributed by atoms with Crippen molar-refractivity contribution in [2.24, 2.45) is 0 Å². The van der Waals surface area contributed by atoms with Crippen molar-refractivity contribution in [2.75, 3.05) is 11.9 Å². The summed E-state index contributed by atoms with van der Waals surface area (Å²) >= 11 is 8.43. The Morgan fingerprint density at radius 1 is 1.14 bits per heavy atom. The Hall–Kier alpha value is -3.60. The van der Waals surface area contributed by atoms with E-state index in [2.05, 4.69) is 15.4 Å². The van der Waals surface area contributed by atoms with Gasteiger partial charge in [0.25, 0.3) is 5.91 Å². The highest BCUT2D eigenvalue weighted by molar-refractivity contribution is 7.20. The van der Waals surface area contributed by atoms with E-state index in [1.807, 2.05) is 19.1 Å². The summed E-state index contributed by atoms with van der Waals surface area (Å²) < 4.78 is 20.1. The molecule has 7 nitrogen and oxygen atoms in total. The molecule has 0 saturated heterocycles. The first-order chi connectivity index (χ1) is 16.9. The fourth-order valence-corrected chi connectivity index (χ4v) is 5.29. The molecule has 0 unspecified atom stereocenters. The molecule has 0 fully saturated rings. The smallest absolute Gasteiger partial charge is 0.348 e. The van der Waals surface area contributed by atoms with Gasteiger partial charge in [0.2, 0.25) is 0 Å². The van der Waals surface area contributed by atoms with Gasteiger partial charge in [-0.1, -0.05) is 11.6 Å². The second kappa shape index (κ2) is 9.57. The highest BCUT2D eigenvalue weighted by atomic mass is 35.5. The number of anilines is 1. The van der Waals surface area contributed by atoms with Crippen molar-refractivity contribution in [3.8, 4) is 16.9 Å². The minimum absolute atomic E-state index is 0.338. The summed E-state index contributed by atoms with van der Waals surface area (Å²) in [5.41, 5.74) is 2.92. The van der Waals surface area contributed by atoms with Crippen molar-refractivity contribution in [3.63, 3.8) is 0 Å². The van der Waals surface area contributed by atoms with Crippen LogP contribution in [0.1, 0.15) is 15.4 Å².